The first kappa shape index (κ1) is 11.1. The van der Waals surface area contributed by atoms with Crippen LogP contribution in [0.4, 0.5) is 11.5 Å². The Morgan fingerprint density at radius 3 is 2.44 bits per heavy atom. The number of nitrogens with zero attached hydrogens (tertiary/aromatic N) is 2. The normalized spacial score (nSPS) is 10.2. The first-order valence-corrected chi connectivity index (χ1v) is 5.75. The van der Waals surface area contributed by atoms with Crippen molar-refractivity contribution in [2.24, 2.45) is 0 Å². The maximum Gasteiger partial charge on any atom is 0.148 e. The van der Waals surface area contributed by atoms with Crippen LogP contribution in [0.1, 0.15) is 11.1 Å². The fourth-order valence-electron chi connectivity index (χ4n) is 1.59. The predicted octanol–water partition coefficient (Wildman–Crippen LogP) is 3.60. The van der Waals surface area contributed by atoms with Gasteiger partial charge in [0, 0.05) is 11.9 Å². The summed E-state index contributed by atoms with van der Waals surface area (Å²) in [7, 11) is 0. The van der Waals surface area contributed by atoms with Crippen LogP contribution in [0.25, 0.3) is 0 Å². The first-order valence-electron chi connectivity index (χ1n) is 4.96. The molecular weight excluding hydrogens is 266 g/mol. The van der Waals surface area contributed by atoms with E-state index in [0.29, 0.717) is 0 Å². The van der Waals surface area contributed by atoms with E-state index >= 15 is 0 Å². The molecule has 1 aromatic carbocycles. The molecule has 0 saturated heterocycles. The lowest BCUT2D eigenvalue weighted by Crippen LogP contribution is -1.96. The maximum atomic E-state index is 4.16. The van der Waals surface area contributed by atoms with Gasteiger partial charge in [0.2, 0.25) is 0 Å². The van der Waals surface area contributed by atoms with Gasteiger partial charge in [0.05, 0.1) is 4.47 Å². The number of aryl methyl sites for hydroxylation is 2. The van der Waals surface area contributed by atoms with Crippen LogP contribution in [-0.4, -0.2) is 9.97 Å². The van der Waals surface area contributed by atoms with Crippen molar-refractivity contribution < 1.29 is 0 Å². The van der Waals surface area contributed by atoms with E-state index in [2.05, 4.69) is 63.3 Å². The number of anilines is 2. The van der Waals surface area contributed by atoms with E-state index in [1.165, 1.54) is 17.5 Å². The molecule has 0 aliphatic rings. The van der Waals surface area contributed by atoms with Crippen LogP contribution in [-0.2, 0) is 0 Å². The van der Waals surface area contributed by atoms with Gasteiger partial charge in [-0.05, 0) is 53.0 Å². The average Bonchev–Trinajstić information content (AvgIpc) is 2.20. The highest BCUT2D eigenvalue weighted by molar-refractivity contribution is 9.10. The van der Waals surface area contributed by atoms with Crippen molar-refractivity contribution in [3.05, 3.63) is 46.3 Å². The quantitative estimate of drug-likeness (QED) is 0.912. The van der Waals surface area contributed by atoms with Crippen LogP contribution >= 0.6 is 15.9 Å². The zero-order chi connectivity index (χ0) is 11.5. The smallest absolute Gasteiger partial charge is 0.148 e. The highest BCUT2D eigenvalue weighted by atomic mass is 79.9. The summed E-state index contributed by atoms with van der Waals surface area (Å²) in [6.07, 6.45) is 3.24. The van der Waals surface area contributed by atoms with Crippen molar-refractivity contribution >= 4 is 27.4 Å². The van der Waals surface area contributed by atoms with Crippen molar-refractivity contribution in [1.29, 1.82) is 0 Å². The van der Waals surface area contributed by atoms with Gasteiger partial charge in [0.15, 0.2) is 0 Å². The fraction of sp³-hybridized carbons (Fsp3) is 0.167. The zero-order valence-corrected chi connectivity index (χ0v) is 10.7. The van der Waals surface area contributed by atoms with Gasteiger partial charge in [-0.1, -0.05) is 6.07 Å². The third kappa shape index (κ3) is 2.58. The second kappa shape index (κ2) is 4.61. The van der Waals surface area contributed by atoms with Gasteiger partial charge in [-0.3, -0.25) is 0 Å². The first-order chi connectivity index (χ1) is 7.65. The molecule has 0 saturated carbocycles. The Kier molecular flexibility index (Phi) is 3.19. The second-order valence-electron chi connectivity index (χ2n) is 3.72. The molecule has 1 aromatic heterocycles. The molecule has 1 heterocycles. The molecule has 82 valence electrons. The van der Waals surface area contributed by atoms with Gasteiger partial charge in [0.25, 0.3) is 0 Å². The maximum absolute atomic E-state index is 4.16. The van der Waals surface area contributed by atoms with E-state index in [0.717, 1.165) is 16.0 Å². The Morgan fingerprint density at radius 1 is 1.12 bits per heavy atom. The van der Waals surface area contributed by atoms with E-state index < -0.39 is 0 Å². The molecular formula is C12H12BrN3. The summed E-state index contributed by atoms with van der Waals surface area (Å²) < 4.78 is 0.856. The van der Waals surface area contributed by atoms with Gasteiger partial charge < -0.3 is 5.32 Å². The molecule has 0 amide bonds. The van der Waals surface area contributed by atoms with Gasteiger partial charge in [-0.25, -0.2) is 9.97 Å². The molecule has 0 unspecified atom stereocenters. The molecule has 0 aliphatic carbocycles. The van der Waals surface area contributed by atoms with Gasteiger partial charge in [-0.2, -0.15) is 0 Å². The Balaban J connectivity index is 2.30. The highest BCUT2D eigenvalue weighted by Crippen LogP contribution is 2.23. The summed E-state index contributed by atoms with van der Waals surface area (Å²) in [5, 5.41) is 3.26. The van der Waals surface area contributed by atoms with Crippen LogP contribution in [0.2, 0.25) is 0 Å². The van der Waals surface area contributed by atoms with Gasteiger partial charge in [0.1, 0.15) is 12.1 Å². The van der Waals surface area contributed by atoms with Gasteiger partial charge in [-0.15, -0.1) is 0 Å². The number of nitrogens with one attached hydrogen (secondary N) is 1. The van der Waals surface area contributed by atoms with Crippen LogP contribution in [0.15, 0.2) is 35.2 Å². The van der Waals surface area contributed by atoms with Crippen LogP contribution in [0.3, 0.4) is 0 Å². The Bertz CT molecular complexity index is 491. The Labute approximate surface area is 103 Å². The largest absolute Gasteiger partial charge is 0.339 e. The van der Waals surface area contributed by atoms with Crippen molar-refractivity contribution in [3.8, 4) is 0 Å². The topological polar surface area (TPSA) is 37.8 Å². The molecule has 0 aliphatic heterocycles. The molecule has 2 rings (SSSR count). The van der Waals surface area contributed by atoms with Crippen molar-refractivity contribution in [2.45, 2.75) is 13.8 Å². The summed E-state index contributed by atoms with van der Waals surface area (Å²) in [6, 6.07) is 6.31. The van der Waals surface area contributed by atoms with E-state index in [9.17, 15) is 0 Å². The monoisotopic (exact) mass is 277 g/mol. The number of rotatable bonds is 2. The summed E-state index contributed by atoms with van der Waals surface area (Å²) >= 11 is 3.40. The molecule has 0 bridgehead atoms. The lowest BCUT2D eigenvalue weighted by atomic mass is 10.1. The molecule has 2 aromatic rings. The standard InChI is InChI=1S/C12H12BrN3/c1-8-3-9(2)5-10(4-8)16-12-11(13)6-14-7-15-12/h3-7H,1-2H3,(H,14,15,16). The number of benzene rings is 1. The molecule has 0 fully saturated rings. The number of halogens is 1. The van der Waals surface area contributed by atoms with E-state index in [1.54, 1.807) is 6.20 Å². The number of aromatic nitrogens is 2. The molecule has 1 N–H and O–H groups in total. The fourth-order valence-corrected chi connectivity index (χ4v) is 1.91. The van der Waals surface area contributed by atoms with E-state index in [1.807, 2.05) is 0 Å². The van der Waals surface area contributed by atoms with Crippen LogP contribution in [0, 0.1) is 13.8 Å². The molecule has 0 radical (unpaired) electrons. The third-order valence-electron chi connectivity index (χ3n) is 2.15. The summed E-state index contributed by atoms with van der Waals surface area (Å²) in [6.45, 7) is 4.15. The molecule has 3 nitrogen and oxygen atoms in total. The summed E-state index contributed by atoms with van der Waals surface area (Å²) in [4.78, 5) is 8.09. The minimum Gasteiger partial charge on any atom is -0.339 e. The summed E-state index contributed by atoms with van der Waals surface area (Å²) in [5.74, 6) is 0.778. The summed E-state index contributed by atoms with van der Waals surface area (Å²) in [5.41, 5.74) is 3.50. The lowest BCUT2D eigenvalue weighted by molar-refractivity contribution is 1.15. The van der Waals surface area contributed by atoms with Crippen LogP contribution in [0.5, 0.6) is 0 Å². The molecule has 16 heavy (non-hydrogen) atoms. The van der Waals surface area contributed by atoms with Crippen molar-refractivity contribution in [3.63, 3.8) is 0 Å². The predicted molar refractivity (Wildman–Crippen MR) is 68.9 cm³/mol. The molecule has 0 atom stereocenters. The average molecular weight is 278 g/mol. The second-order valence-corrected chi connectivity index (χ2v) is 4.58. The minimum absolute atomic E-state index is 0.778. The lowest BCUT2D eigenvalue weighted by Gasteiger charge is -2.08. The zero-order valence-electron chi connectivity index (χ0n) is 9.16. The number of hydrogen-bond donors (Lipinski definition) is 1. The minimum atomic E-state index is 0.778. The van der Waals surface area contributed by atoms with Crippen molar-refractivity contribution in [1.82, 2.24) is 9.97 Å². The van der Waals surface area contributed by atoms with E-state index in [-0.39, 0.29) is 0 Å². The highest BCUT2D eigenvalue weighted by Gasteiger charge is 2.02. The Hall–Kier alpha value is -1.42. The molecule has 0 spiro atoms. The van der Waals surface area contributed by atoms with Gasteiger partial charge >= 0.3 is 0 Å². The van der Waals surface area contributed by atoms with Crippen LogP contribution < -0.4 is 5.32 Å². The third-order valence-corrected chi connectivity index (χ3v) is 2.73. The van der Waals surface area contributed by atoms with E-state index in [4.69, 9.17) is 0 Å². The number of hydrogen-bond acceptors (Lipinski definition) is 3. The Morgan fingerprint density at radius 2 is 1.81 bits per heavy atom. The molecule has 4 heteroatoms. The van der Waals surface area contributed by atoms with Crippen molar-refractivity contribution in [2.75, 3.05) is 5.32 Å². The SMILES string of the molecule is Cc1cc(C)cc(Nc2ncncc2Br)c1.